The predicted octanol–water partition coefficient (Wildman–Crippen LogP) is 2.14. The highest BCUT2D eigenvalue weighted by molar-refractivity contribution is 6.00. The lowest BCUT2D eigenvalue weighted by Crippen LogP contribution is -2.19. The number of nitrogens with zero attached hydrogens (tertiary/aromatic N) is 1. The lowest BCUT2D eigenvalue weighted by atomic mass is 10.2. The van der Waals surface area contributed by atoms with Crippen molar-refractivity contribution in [2.24, 2.45) is 5.10 Å². The fourth-order valence-electron chi connectivity index (χ4n) is 1.40. The zero-order valence-electron chi connectivity index (χ0n) is 9.75. The first kappa shape index (κ1) is 11.9. The van der Waals surface area contributed by atoms with E-state index < -0.39 is 5.91 Å². The van der Waals surface area contributed by atoms with Gasteiger partial charge in [-0.1, -0.05) is 12.1 Å². The average Bonchev–Trinajstić information content (AvgIpc) is 2.90. The van der Waals surface area contributed by atoms with Crippen LogP contribution in [0.25, 0.3) is 0 Å². The van der Waals surface area contributed by atoms with Gasteiger partial charge in [0.05, 0.1) is 11.8 Å². The molecular formula is C13H12N2O3. The van der Waals surface area contributed by atoms with Crippen molar-refractivity contribution in [3.63, 3.8) is 0 Å². The number of phenols is 1. The van der Waals surface area contributed by atoms with Crippen LogP contribution in [0.2, 0.25) is 0 Å². The van der Waals surface area contributed by atoms with Crippen molar-refractivity contribution in [3.05, 3.63) is 54.0 Å². The molecule has 0 aliphatic rings. The van der Waals surface area contributed by atoms with Crippen LogP contribution < -0.4 is 5.43 Å². The largest absolute Gasteiger partial charge is 0.507 e. The summed E-state index contributed by atoms with van der Waals surface area (Å²) < 4.78 is 5.13. The Morgan fingerprint density at radius 1 is 1.28 bits per heavy atom. The molecule has 1 amide bonds. The minimum atomic E-state index is -0.473. The SMILES string of the molecule is C/C(=N/NC(=O)c1ccccc1O)c1ccco1. The monoisotopic (exact) mass is 244 g/mol. The summed E-state index contributed by atoms with van der Waals surface area (Å²) >= 11 is 0. The van der Waals surface area contributed by atoms with Crippen molar-refractivity contribution in [2.45, 2.75) is 6.92 Å². The third-order valence-electron chi connectivity index (χ3n) is 2.35. The number of amides is 1. The molecule has 0 spiro atoms. The molecule has 0 aliphatic carbocycles. The van der Waals surface area contributed by atoms with Gasteiger partial charge in [-0.2, -0.15) is 5.10 Å². The maximum atomic E-state index is 11.7. The van der Waals surface area contributed by atoms with E-state index in [1.165, 1.54) is 18.4 Å². The van der Waals surface area contributed by atoms with E-state index in [1.807, 2.05) is 0 Å². The molecule has 2 aromatic rings. The summed E-state index contributed by atoms with van der Waals surface area (Å²) in [4.78, 5) is 11.7. The molecule has 0 radical (unpaired) electrons. The second-order valence-corrected chi connectivity index (χ2v) is 3.63. The molecule has 1 aromatic carbocycles. The minimum absolute atomic E-state index is 0.0825. The Morgan fingerprint density at radius 3 is 2.72 bits per heavy atom. The number of rotatable bonds is 3. The van der Waals surface area contributed by atoms with Crippen LogP contribution in [0.5, 0.6) is 5.75 Å². The Morgan fingerprint density at radius 2 is 2.06 bits per heavy atom. The van der Waals surface area contributed by atoms with Crippen molar-refractivity contribution >= 4 is 11.6 Å². The molecule has 5 heteroatoms. The van der Waals surface area contributed by atoms with Crippen LogP contribution >= 0.6 is 0 Å². The number of nitrogens with one attached hydrogen (secondary N) is 1. The summed E-state index contributed by atoms with van der Waals surface area (Å²) in [5, 5.41) is 13.4. The number of carbonyl (C=O) groups is 1. The van der Waals surface area contributed by atoms with Gasteiger partial charge >= 0.3 is 0 Å². The average molecular weight is 244 g/mol. The Labute approximate surface area is 104 Å². The highest BCUT2D eigenvalue weighted by Crippen LogP contribution is 2.15. The van der Waals surface area contributed by atoms with Crippen molar-refractivity contribution < 1.29 is 14.3 Å². The molecule has 1 aromatic heterocycles. The number of hydrazone groups is 1. The zero-order valence-corrected chi connectivity index (χ0v) is 9.75. The molecule has 0 unspecified atom stereocenters. The predicted molar refractivity (Wildman–Crippen MR) is 66.5 cm³/mol. The summed E-state index contributed by atoms with van der Waals surface area (Å²) in [5.41, 5.74) is 3.08. The maximum absolute atomic E-state index is 11.7. The van der Waals surface area contributed by atoms with Crippen LogP contribution in [-0.4, -0.2) is 16.7 Å². The Kier molecular flexibility index (Phi) is 3.43. The standard InChI is InChI=1S/C13H12N2O3/c1-9(12-7-4-8-18-12)14-15-13(17)10-5-2-3-6-11(10)16/h2-8,16H,1H3,(H,15,17)/b14-9-. The van der Waals surface area contributed by atoms with Crippen molar-refractivity contribution in [1.82, 2.24) is 5.43 Å². The van der Waals surface area contributed by atoms with Crippen LogP contribution in [0.15, 0.2) is 52.2 Å². The minimum Gasteiger partial charge on any atom is -0.507 e. The summed E-state index contributed by atoms with van der Waals surface area (Å²) in [6.45, 7) is 1.71. The first-order valence-corrected chi connectivity index (χ1v) is 5.35. The summed E-state index contributed by atoms with van der Waals surface area (Å²) in [6.07, 6.45) is 1.53. The van der Waals surface area contributed by atoms with E-state index in [1.54, 1.807) is 31.2 Å². The van der Waals surface area contributed by atoms with Crippen LogP contribution in [0.4, 0.5) is 0 Å². The van der Waals surface area contributed by atoms with Gasteiger partial charge in [0.2, 0.25) is 0 Å². The molecule has 2 N–H and O–H groups in total. The number of para-hydroxylation sites is 1. The molecule has 1 heterocycles. The van der Waals surface area contributed by atoms with Gasteiger partial charge in [-0.05, 0) is 31.2 Å². The molecule has 5 nitrogen and oxygen atoms in total. The summed E-state index contributed by atoms with van der Waals surface area (Å²) in [7, 11) is 0. The molecule has 0 saturated carbocycles. The van der Waals surface area contributed by atoms with Gasteiger partial charge < -0.3 is 9.52 Å². The number of hydrogen-bond acceptors (Lipinski definition) is 4. The zero-order chi connectivity index (χ0) is 13.0. The third-order valence-corrected chi connectivity index (χ3v) is 2.35. The number of carbonyl (C=O) groups excluding carboxylic acids is 1. The van der Waals surface area contributed by atoms with E-state index in [0.29, 0.717) is 11.5 Å². The van der Waals surface area contributed by atoms with Gasteiger partial charge in [0.1, 0.15) is 17.2 Å². The molecule has 0 saturated heterocycles. The van der Waals surface area contributed by atoms with Crippen LogP contribution in [0, 0.1) is 0 Å². The first-order valence-electron chi connectivity index (χ1n) is 5.35. The second-order valence-electron chi connectivity index (χ2n) is 3.63. The van der Waals surface area contributed by atoms with Gasteiger partial charge in [0.25, 0.3) is 5.91 Å². The van der Waals surface area contributed by atoms with Crippen LogP contribution in [0.1, 0.15) is 23.0 Å². The van der Waals surface area contributed by atoms with Gasteiger partial charge in [0, 0.05) is 0 Å². The van der Waals surface area contributed by atoms with Gasteiger partial charge in [-0.15, -0.1) is 0 Å². The quantitative estimate of drug-likeness (QED) is 0.641. The van der Waals surface area contributed by atoms with E-state index in [9.17, 15) is 9.90 Å². The fourth-order valence-corrected chi connectivity index (χ4v) is 1.40. The van der Waals surface area contributed by atoms with E-state index in [-0.39, 0.29) is 11.3 Å². The lowest BCUT2D eigenvalue weighted by molar-refractivity contribution is 0.0952. The number of benzene rings is 1. The second kappa shape index (κ2) is 5.18. The molecule has 0 fully saturated rings. The molecule has 0 aliphatic heterocycles. The smallest absolute Gasteiger partial charge is 0.275 e. The van der Waals surface area contributed by atoms with Crippen LogP contribution in [0.3, 0.4) is 0 Å². The molecule has 18 heavy (non-hydrogen) atoms. The molecule has 92 valence electrons. The first-order chi connectivity index (χ1) is 8.68. The highest BCUT2D eigenvalue weighted by Gasteiger charge is 2.09. The van der Waals surface area contributed by atoms with Crippen molar-refractivity contribution in [3.8, 4) is 5.75 Å². The number of phenolic OH excluding ortho intramolecular Hbond substituents is 1. The number of furan rings is 1. The molecule has 0 bridgehead atoms. The molecular weight excluding hydrogens is 232 g/mol. The lowest BCUT2D eigenvalue weighted by Gasteiger charge is -2.02. The van der Waals surface area contributed by atoms with Crippen LogP contribution in [-0.2, 0) is 0 Å². The van der Waals surface area contributed by atoms with Gasteiger partial charge in [-0.25, -0.2) is 5.43 Å². The van der Waals surface area contributed by atoms with Gasteiger partial charge in [-0.3, -0.25) is 4.79 Å². The van der Waals surface area contributed by atoms with E-state index in [4.69, 9.17) is 4.42 Å². The van der Waals surface area contributed by atoms with E-state index in [2.05, 4.69) is 10.5 Å². The Bertz CT molecular complexity index is 574. The van der Waals surface area contributed by atoms with Crippen molar-refractivity contribution in [1.29, 1.82) is 0 Å². The Hall–Kier alpha value is -2.56. The fraction of sp³-hybridized carbons (Fsp3) is 0.0769. The molecule has 2 rings (SSSR count). The van der Waals surface area contributed by atoms with E-state index in [0.717, 1.165) is 0 Å². The van der Waals surface area contributed by atoms with Gasteiger partial charge in [0.15, 0.2) is 0 Å². The molecule has 0 atom stereocenters. The topological polar surface area (TPSA) is 74.8 Å². The maximum Gasteiger partial charge on any atom is 0.275 e. The summed E-state index contributed by atoms with van der Waals surface area (Å²) in [6, 6.07) is 9.74. The number of aromatic hydroxyl groups is 1. The number of hydrogen-bond donors (Lipinski definition) is 2. The summed E-state index contributed by atoms with van der Waals surface area (Å²) in [5.74, 6) is 0.0208. The highest BCUT2D eigenvalue weighted by atomic mass is 16.3. The van der Waals surface area contributed by atoms with Crippen molar-refractivity contribution in [2.75, 3.05) is 0 Å². The Balaban J connectivity index is 2.09. The third kappa shape index (κ3) is 2.57. The van der Waals surface area contributed by atoms with E-state index >= 15 is 0 Å². The normalized spacial score (nSPS) is 11.3.